The molecule has 0 fully saturated rings. The summed E-state index contributed by atoms with van der Waals surface area (Å²) >= 11 is 0. The maximum atomic E-state index is 13.7. The molecule has 2 aromatic carbocycles. The van der Waals surface area contributed by atoms with Crippen LogP contribution in [0.1, 0.15) is 16.1 Å². The van der Waals surface area contributed by atoms with Crippen LogP contribution in [0.25, 0.3) is 0 Å². The number of rotatable bonds is 5. The van der Waals surface area contributed by atoms with Crippen LogP contribution in [0.5, 0.6) is 0 Å². The Balaban J connectivity index is 1.81. The van der Waals surface area contributed by atoms with E-state index in [0.717, 1.165) is 18.3 Å². The summed E-state index contributed by atoms with van der Waals surface area (Å²) in [6.45, 7) is 0. The van der Waals surface area contributed by atoms with Crippen molar-refractivity contribution in [2.24, 2.45) is 0 Å². The Labute approximate surface area is 149 Å². The van der Waals surface area contributed by atoms with Gasteiger partial charge in [-0.2, -0.15) is 0 Å². The number of aromatic nitrogens is 1. The molecule has 3 aromatic rings. The molecule has 1 heterocycles. The second kappa shape index (κ2) is 7.13. The van der Waals surface area contributed by atoms with Gasteiger partial charge in [0.2, 0.25) is 9.84 Å². The van der Waals surface area contributed by atoms with Crippen LogP contribution in [-0.2, 0) is 16.3 Å². The zero-order valence-electron chi connectivity index (χ0n) is 13.4. The lowest BCUT2D eigenvalue weighted by Crippen LogP contribution is -2.09. The lowest BCUT2D eigenvalue weighted by atomic mass is 10.1. The number of carbonyl (C=O) groups excluding carboxylic acids is 1. The van der Waals surface area contributed by atoms with Gasteiger partial charge in [0.25, 0.3) is 0 Å². The van der Waals surface area contributed by atoms with Gasteiger partial charge in [0.05, 0.1) is 21.8 Å². The number of sulfone groups is 1. The summed E-state index contributed by atoms with van der Waals surface area (Å²) in [6.07, 6.45) is 0.931. The third-order valence-electron chi connectivity index (χ3n) is 3.73. The molecule has 0 amide bonds. The number of carbonyl (C=O) groups is 1. The standard InChI is InChI=1S/C19H13F2NO3S/c20-13-6-9-17(18(21)10-13)19(23)11-14-7-8-16(12-22-14)26(24,25)15-4-2-1-3-5-15/h1-10,12H,11H2. The van der Waals surface area contributed by atoms with Crippen molar-refractivity contribution in [3.8, 4) is 0 Å². The largest absolute Gasteiger partial charge is 0.294 e. The fourth-order valence-corrected chi connectivity index (χ4v) is 3.61. The third kappa shape index (κ3) is 3.67. The molecule has 0 aliphatic heterocycles. The monoisotopic (exact) mass is 373 g/mol. The average Bonchev–Trinajstić information content (AvgIpc) is 2.63. The Morgan fingerprint density at radius 2 is 1.65 bits per heavy atom. The molecule has 4 nitrogen and oxygen atoms in total. The zero-order chi connectivity index (χ0) is 18.7. The minimum atomic E-state index is -3.70. The molecule has 0 saturated carbocycles. The Hall–Kier alpha value is -2.93. The van der Waals surface area contributed by atoms with Crippen LogP contribution in [-0.4, -0.2) is 19.2 Å². The van der Waals surface area contributed by atoms with Crippen LogP contribution in [0.3, 0.4) is 0 Å². The van der Waals surface area contributed by atoms with Gasteiger partial charge in [0.1, 0.15) is 11.6 Å². The lowest BCUT2D eigenvalue weighted by Gasteiger charge is -2.06. The minimum absolute atomic E-state index is 0.00661. The topological polar surface area (TPSA) is 64.1 Å². The van der Waals surface area contributed by atoms with Crippen molar-refractivity contribution in [3.05, 3.63) is 89.8 Å². The molecule has 0 aliphatic rings. The summed E-state index contributed by atoms with van der Waals surface area (Å²) in [5.41, 5.74) is 0.0416. The molecule has 0 saturated heterocycles. The van der Waals surface area contributed by atoms with Gasteiger partial charge in [-0.15, -0.1) is 0 Å². The normalized spacial score (nSPS) is 11.3. The van der Waals surface area contributed by atoms with Crippen molar-refractivity contribution in [1.29, 1.82) is 0 Å². The summed E-state index contributed by atoms with van der Waals surface area (Å²) in [6, 6.07) is 13.3. The molecule has 0 atom stereocenters. The lowest BCUT2D eigenvalue weighted by molar-refractivity contribution is 0.0988. The molecule has 7 heteroatoms. The first-order chi connectivity index (χ1) is 12.4. The van der Waals surface area contributed by atoms with E-state index in [1.165, 1.54) is 24.3 Å². The first-order valence-electron chi connectivity index (χ1n) is 7.61. The SMILES string of the molecule is O=C(Cc1ccc(S(=O)(=O)c2ccccc2)cn1)c1ccc(F)cc1F. The highest BCUT2D eigenvalue weighted by atomic mass is 32.2. The van der Waals surface area contributed by atoms with E-state index < -0.39 is 27.3 Å². The second-order valence-electron chi connectivity index (χ2n) is 5.53. The molecular weight excluding hydrogens is 360 g/mol. The third-order valence-corrected chi connectivity index (χ3v) is 5.49. The van der Waals surface area contributed by atoms with E-state index in [-0.39, 0.29) is 27.5 Å². The maximum absolute atomic E-state index is 13.7. The van der Waals surface area contributed by atoms with E-state index in [0.29, 0.717) is 6.07 Å². The molecule has 0 spiro atoms. The molecule has 0 radical (unpaired) electrons. The van der Waals surface area contributed by atoms with E-state index in [1.54, 1.807) is 18.2 Å². The molecule has 132 valence electrons. The predicted octanol–water partition coefficient (Wildman–Crippen LogP) is 3.62. The molecular formula is C19H13F2NO3S. The highest BCUT2D eigenvalue weighted by Gasteiger charge is 2.18. The van der Waals surface area contributed by atoms with E-state index in [1.807, 2.05) is 0 Å². The highest BCUT2D eigenvalue weighted by Crippen LogP contribution is 2.20. The molecule has 26 heavy (non-hydrogen) atoms. The van der Waals surface area contributed by atoms with Crippen molar-refractivity contribution in [3.63, 3.8) is 0 Å². The molecule has 3 rings (SSSR count). The predicted molar refractivity (Wildman–Crippen MR) is 90.5 cm³/mol. The highest BCUT2D eigenvalue weighted by molar-refractivity contribution is 7.91. The van der Waals surface area contributed by atoms with Crippen molar-refractivity contribution in [2.75, 3.05) is 0 Å². The number of benzene rings is 2. The van der Waals surface area contributed by atoms with Gasteiger partial charge in [0, 0.05) is 18.0 Å². The molecule has 0 aliphatic carbocycles. The second-order valence-corrected chi connectivity index (χ2v) is 7.48. The van der Waals surface area contributed by atoms with Crippen LogP contribution in [0.15, 0.2) is 76.7 Å². The fourth-order valence-electron chi connectivity index (χ4n) is 2.39. The van der Waals surface area contributed by atoms with Gasteiger partial charge in [0.15, 0.2) is 5.78 Å². The van der Waals surface area contributed by atoms with Gasteiger partial charge >= 0.3 is 0 Å². The first kappa shape index (κ1) is 17.9. The zero-order valence-corrected chi connectivity index (χ0v) is 14.2. The van der Waals surface area contributed by atoms with Crippen LogP contribution < -0.4 is 0 Å². The quantitative estimate of drug-likeness (QED) is 0.641. The van der Waals surface area contributed by atoms with Crippen molar-refractivity contribution < 1.29 is 22.0 Å². The Bertz CT molecular complexity index is 1050. The number of pyridine rings is 1. The summed E-state index contributed by atoms with van der Waals surface area (Å²) in [5, 5.41) is 0. The van der Waals surface area contributed by atoms with Gasteiger partial charge < -0.3 is 0 Å². The molecule has 1 aromatic heterocycles. The van der Waals surface area contributed by atoms with Crippen molar-refractivity contribution in [2.45, 2.75) is 16.2 Å². The van der Waals surface area contributed by atoms with Gasteiger partial charge in [-0.25, -0.2) is 17.2 Å². The van der Waals surface area contributed by atoms with Crippen LogP contribution in [0.4, 0.5) is 8.78 Å². The Morgan fingerprint density at radius 1 is 0.923 bits per heavy atom. The van der Waals surface area contributed by atoms with E-state index in [4.69, 9.17) is 0 Å². The number of hydrogen-bond donors (Lipinski definition) is 0. The minimum Gasteiger partial charge on any atom is -0.294 e. The number of nitrogens with zero attached hydrogens (tertiary/aromatic N) is 1. The molecule has 0 bridgehead atoms. The first-order valence-corrected chi connectivity index (χ1v) is 9.09. The Morgan fingerprint density at radius 3 is 2.27 bits per heavy atom. The smallest absolute Gasteiger partial charge is 0.208 e. The number of halogens is 2. The number of hydrogen-bond acceptors (Lipinski definition) is 4. The summed E-state index contributed by atoms with van der Waals surface area (Å²) in [4.78, 5) is 16.2. The fraction of sp³-hybridized carbons (Fsp3) is 0.0526. The van der Waals surface area contributed by atoms with Crippen LogP contribution >= 0.6 is 0 Å². The molecule has 0 N–H and O–H groups in total. The van der Waals surface area contributed by atoms with Gasteiger partial charge in [-0.3, -0.25) is 9.78 Å². The molecule has 0 unspecified atom stereocenters. The van der Waals surface area contributed by atoms with Crippen LogP contribution in [0.2, 0.25) is 0 Å². The van der Waals surface area contributed by atoms with Crippen molar-refractivity contribution in [1.82, 2.24) is 4.98 Å². The Kier molecular flexibility index (Phi) is 4.90. The maximum Gasteiger partial charge on any atom is 0.208 e. The average molecular weight is 373 g/mol. The number of ketones is 1. The van der Waals surface area contributed by atoms with Gasteiger partial charge in [-0.05, 0) is 36.4 Å². The van der Waals surface area contributed by atoms with E-state index >= 15 is 0 Å². The number of Topliss-reactive ketones (excluding diaryl/α,β-unsaturated/α-hetero) is 1. The van der Waals surface area contributed by atoms with Crippen LogP contribution in [0, 0.1) is 11.6 Å². The van der Waals surface area contributed by atoms with E-state index in [2.05, 4.69) is 4.98 Å². The van der Waals surface area contributed by atoms with Crippen molar-refractivity contribution >= 4 is 15.6 Å². The van der Waals surface area contributed by atoms with Gasteiger partial charge in [-0.1, -0.05) is 18.2 Å². The summed E-state index contributed by atoms with van der Waals surface area (Å²) in [7, 11) is -3.70. The summed E-state index contributed by atoms with van der Waals surface area (Å²) < 4.78 is 51.5. The summed E-state index contributed by atoms with van der Waals surface area (Å²) in [5.74, 6) is -2.29. The van der Waals surface area contributed by atoms with E-state index in [9.17, 15) is 22.0 Å².